The number of sulfonamides is 1. The predicted octanol–water partition coefficient (Wildman–Crippen LogP) is 6.06. The van der Waals surface area contributed by atoms with E-state index in [4.69, 9.17) is 19.4 Å². The molecule has 4 aliphatic carbocycles. The van der Waals surface area contributed by atoms with Gasteiger partial charge in [0, 0.05) is 18.3 Å². The Balaban J connectivity index is 1.15. The Labute approximate surface area is 349 Å². The van der Waals surface area contributed by atoms with E-state index in [0.29, 0.717) is 53.4 Å². The molecule has 60 heavy (non-hydrogen) atoms. The zero-order valence-electron chi connectivity index (χ0n) is 34.9. The molecule has 0 unspecified atom stereocenters. The van der Waals surface area contributed by atoms with Gasteiger partial charge in [0.25, 0.3) is 0 Å². The summed E-state index contributed by atoms with van der Waals surface area (Å²) in [6.45, 7) is 8.54. The number of benzene rings is 1. The summed E-state index contributed by atoms with van der Waals surface area (Å²) in [5.74, 6) is -4.63. The van der Waals surface area contributed by atoms with Crippen LogP contribution in [0.2, 0.25) is 0 Å². The molecule has 0 spiro atoms. The molecule has 6 aliphatic rings. The van der Waals surface area contributed by atoms with Crippen LogP contribution in [0.25, 0.3) is 11.0 Å². The maximum atomic E-state index is 15.0. The number of carbonyl (C=O) groups is 4. The normalized spacial score (nSPS) is 33.9. The molecule has 2 bridgehead atoms. The van der Waals surface area contributed by atoms with Crippen molar-refractivity contribution in [1.82, 2.24) is 19.6 Å². The van der Waals surface area contributed by atoms with Crippen LogP contribution in [0.15, 0.2) is 18.2 Å². The van der Waals surface area contributed by atoms with Gasteiger partial charge in [-0.3, -0.25) is 23.9 Å². The van der Waals surface area contributed by atoms with Crippen LogP contribution in [0.5, 0.6) is 5.88 Å². The average molecular weight is 852 g/mol. The van der Waals surface area contributed by atoms with Gasteiger partial charge in [-0.15, -0.1) is 0 Å². The highest BCUT2D eigenvalue weighted by Crippen LogP contribution is 2.60. The number of aryl methyl sites for hydroxylation is 1. The lowest BCUT2D eigenvalue weighted by atomic mass is 9.77. The van der Waals surface area contributed by atoms with Crippen LogP contribution >= 0.6 is 0 Å². The number of esters is 1. The first-order valence-corrected chi connectivity index (χ1v) is 23.0. The van der Waals surface area contributed by atoms with E-state index in [1.54, 1.807) is 25.1 Å². The summed E-state index contributed by atoms with van der Waals surface area (Å²) in [4.78, 5) is 68.4. The van der Waals surface area contributed by atoms with E-state index in [-0.39, 0.29) is 30.9 Å². The summed E-state index contributed by atoms with van der Waals surface area (Å²) < 4.78 is 68.7. The Morgan fingerprint density at radius 1 is 1.05 bits per heavy atom. The van der Waals surface area contributed by atoms with Crippen molar-refractivity contribution in [3.05, 3.63) is 29.5 Å². The molecule has 2 amide bonds. The fourth-order valence-electron chi connectivity index (χ4n) is 10.3. The number of Topliss-reactive ketones (excluding diaryl/α,β-unsaturated/α-hetero) is 1. The number of halogens is 2. The van der Waals surface area contributed by atoms with E-state index >= 15 is 0 Å². The Bertz CT molecular complexity index is 2260. The third-order valence-electron chi connectivity index (χ3n) is 14.7. The van der Waals surface area contributed by atoms with E-state index in [1.807, 2.05) is 25.5 Å². The number of rotatable bonds is 7. The van der Waals surface area contributed by atoms with Crippen molar-refractivity contribution >= 4 is 44.6 Å². The van der Waals surface area contributed by atoms with Gasteiger partial charge in [-0.1, -0.05) is 40.5 Å². The van der Waals surface area contributed by atoms with E-state index in [1.165, 1.54) is 11.8 Å². The smallest absolute Gasteiger partial charge is 0.306 e. The second-order valence-corrected chi connectivity index (χ2v) is 22.1. The first-order chi connectivity index (χ1) is 28.2. The number of nitriles is 1. The SMILES string of the molecule is C[C@@H]1[C@@H]2CN(C(=O)[C@H](C(C)(C)C)CC(=O)O[C@@H]3C[C@@H]4C[C@@H]4[C@H]3CCCCCc3nc4ccc(C#N)cc4nc3O2)[C@@H]1C(=O)C[C@]1(C(=O)NS(=O)(=O)C2(C)CC2)C[C@H]1C(F)F. The van der Waals surface area contributed by atoms with Crippen LogP contribution in [0, 0.1) is 57.7 Å². The molecule has 13 nitrogen and oxygen atoms in total. The van der Waals surface area contributed by atoms with Gasteiger partial charge in [0.15, 0.2) is 5.78 Å². The van der Waals surface area contributed by atoms with Crippen LogP contribution in [0.3, 0.4) is 0 Å². The highest BCUT2D eigenvalue weighted by molar-refractivity contribution is 7.91. The number of alkyl halides is 2. The van der Waals surface area contributed by atoms with Crippen molar-refractivity contribution in [3.63, 3.8) is 0 Å². The summed E-state index contributed by atoms with van der Waals surface area (Å²) in [6.07, 6.45) is 1.11. The third-order valence-corrected chi connectivity index (χ3v) is 16.9. The van der Waals surface area contributed by atoms with Gasteiger partial charge in [-0.05, 0) is 99.7 Å². The van der Waals surface area contributed by atoms with Gasteiger partial charge in [0.1, 0.15) is 17.9 Å². The molecular formula is C44H55F2N5O8S. The maximum Gasteiger partial charge on any atom is 0.306 e. The standard InChI is InChI=1S/C44H55F2N5O8S/c1-23-35-22-51(37(23)33(52)20-44(19-29(44)38(45)46)41(55)50-60(56,57)43(5)13-14-43)40(54)28(42(2,3)4)18-36(53)58-34-17-25-16-27(25)26(34)9-7-6-8-10-31-39(59-35)49-32-15-24(21-47)11-12-30(32)48-31/h11-12,15,23,25-29,34-35,37-38H,6-10,13-14,16-20,22H2,1-5H3,(H,50,55)/t23-,25+,26-,27+,28-,29+,34-,35+,37+,44-/m1/s1. The number of carbonyl (C=O) groups excluding carboxylic acids is 4. The monoisotopic (exact) mass is 851 g/mol. The lowest BCUT2D eigenvalue weighted by Gasteiger charge is -2.35. The molecule has 3 heterocycles. The van der Waals surface area contributed by atoms with Gasteiger partial charge in [-0.25, -0.2) is 27.2 Å². The maximum absolute atomic E-state index is 15.0. The van der Waals surface area contributed by atoms with Crippen molar-refractivity contribution in [3.8, 4) is 11.9 Å². The predicted molar refractivity (Wildman–Crippen MR) is 214 cm³/mol. The molecule has 1 N–H and O–H groups in total. The minimum atomic E-state index is -4.21. The quantitative estimate of drug-likeness (QED) is 0.319. The summed E-state index contributed by atoms with van der Waals surface area (Å²) >= 11 is 0. The van der Waals surface area contributed by atoms with Gasteiger partial charge in [0.2, 0.25) is 34.1 Å². The van der Waals surface area contributed by atoms with Gasteiger partial charge in [-0.2, -0.15) is 5.26 Å². The molecule has 16 heteroatoms. The number of ketones is 1. The van der Waals surface area contributed by atoms with E-state index in [0.717, 1.165) is 38.5 Å². The van der Waals surface area contributed by atoms with Gasteiger partial charge in [0.05, 0.1) is 57.8 Å². The van der Waals surface area contributed by atoms with Crippen LogP contribution in [0.4, 0.5) is 8.78 Å². The summed E-state index contributed by atoms with van der Waals surface area (Å²) in [7, 11) is -4.21. The second kappa shape index (κ2) is 15.3. The molecule has 4 saturated carbocycles. The Kier molecular flexibility index (Phi) is 10.8. The Morgan fingerprint density at radius 2 is 1.80 bits per heavy atom. The number of ether oxygens (including phenoxy) is 2. The third kappa shape index (κ3) is 7.88. The van der Waals surface area contributed by atoms with Crippen LogP contribution in [-0.2, 0) is 40.4 Å². The van der Waals surface area contributed by atoms with Crippen LogP contribution < -0.4 is 9.46 Å². The highest BCUT2D eigenvalue weighted by Gasteiger charge is 2.67. The molecule has 1 aromatic heterocycles. The second-order valence-electron chi connectivity index (χ2n) is 19.9. The first kappa shape index (κ1) is 42.4. The summed E-state index contributed by atoms with van der Waals surface area (Å²) in [5.41, 5.74) is -0.827. The number of nitrogens with zero attached hydrogens (tertiary/aromatic N) is 4. The topological polar surface area (TPSA) is 186 Å². The number of amides is 2. The fourth-order valence-corrected chi connectivity index (χ4v) is 11.6. The largest absolute Gasteiger partial charge is 0.471 e. The summed E-state index contributed by atoms with van der Waals surface area (Å²) in [5, 5.41) is 9.61. The Hall–Kier alpha value is -4.26. The van der Waals surface area contributed by atoms with Gasteiger partial charge >= 0.3 is 5.97 Å². The van der Waals surface area contributed by atoms with Crippen LogP contribution in [-0.4, -0.2) is 82.8 Å². The molecular weight excluding hydrogens is 797 g/mol. The molecule has 1 saturated heterocycles. The fraction of sp³-hybridized carbons (Fsp3) is 0.705. The van der Waals surface area contributed by atoms with E-state index < -0.39 is 98.3 Å². The molecule has 8 rings (SSSR count). The zero-order valence-corrected chi connectivity index (χ0v) is 35.7. The van der Waals surface area contributed by atoms with Crippen molar-refractivity contribution in [2.24, 2.45) is 46.3 Å². The van der Waals surface area contributed by atoms with E-state index in [9.17, 15) is 41.6 Å². The number of aromatic nitrogens is 2. The van der Waals surface area contributed by atoms with Crippen molar-refractivity contribution in [1.29, 1.82) is 5.26 Å². The molecule has 1 aromatic carbocycles. The minimum absolute atomic E-state index is 0.131. The van der Waals surface area contributed by atoms with E-state index in [2.05, 4.69) is 6.07 Å². The Morgan fingerprint density at radius 3 is 2.47 bits per heavy atom. The number of fused-ring (bicyclic) bond motifs is 7. The highest BCUT2D eigenvalue weighted by atomic mass is 32.2. The summed E-state index contributed by atoms with van der Waals surface area (Å²) in [6, 6.07) is 5.84. The van der Waals surface area contributed by atoms with Crippen LogP contribution in [0.1, 0.15) is 117 Å². The first-order valence-electron chi connectivity index (χ1n) is 21.5. The van der Waals surface area contributed by atoms with Crippen molar-refractivity contribution in [2.75, 3.05) is 6.54 Å². The molecule has 5 fully saturated rings. The average Bonchev–Trinajstić information content (AvgIpc) is 4.13. The molecule has 10 atom stereocenters. The minimum Gasteiger partial charge on any atom is -0.471 e. The van der Waals surface area contributed by atoms with Crippen molar-refractivity contribution < 1.29 is 45.9 Å². The number of hydrogen-bond acceptors (Lipinski definition) is 11. The molecule has 2 aromatic rings. The molecule has 2 aliphatic heterocycles. The van der Waals surface area contributed by atoms with Crippen molar-refractivity contribution in [2.45, 2.75) is 141 Å². The molecule has 0 radical (unpaired) electrons. The number of hydrogen-bond donors (Lipinski definition) is 1. The lowest BCUT2D eigenvalue weighted by Crippen LogP contribution is -2.50. The van der Waals surface area contributed by atoms with Gasteiger partial charge < -0.3 is 14.4 Å². The zero-order chi connectivity index (χ0) is 43.1. The molecule has 324 valence electrons. The number of nitrogens with one attached hydrogen (secondary N) is 1. The lowest BCUT2D eigenvalue weighted by molar-refractivity contribution is -0.158.